The van der Waals surface area contributed by atoms with Crippen LogP contribution in [0, 0.1) is 5.92 Å². The van der Waals surface area contributed by atoms with Gasteiger partial charge in [0.15, 0.2) is 0 Å². The maximum Gasteiger partial charge on any atom is 0.414 e. The van der Waals surface area contributed by atoms with E-state index in [1.54, 1.807) is 4.90 Å². The van der Waals surface area contributed by atoms with Crippen LogP contribution in [-0.2, 0) is 14.3 Å². The molecule has 2 amide bonds. The molecule has 1 aromatic rings. The highest BCUT2D eigenvalue weighted by molar-refractivity contribution is 5.90. The number of benzene rings is 1. The van der Waals surface area contributed by atoms with Gasteiger partial charge in [0.2, 0.25) is 5.91 Å². The van der Waals surface area contributed by atoms with Crippen LogP contribution in [0.5, 0.6) is 0 Å². The van der Waals surface area contributed by atoms with Gasteiger partial charge < -0.3 is 15.4 Å². The van der Waals surface area contributed by atoms with Crippen LogP contribution in [0.25, 0.3) is 0 Å². The summed E-state index contributed by atoms with van der Waals surface area (Å²) in [5.41, 5.74) is 6.94. The fourth-order valence-corrected chi connectivity index (χ4v) is 3.28. The zero-order chi connectivity index (χ0) is 18.0. The van der Waals surface area contributed by atoms with Gasteiger partial charge in [0.05, 0.1) is 6.54 Å². The second kappa shape index (κ2) is 7.13. The SMILES string of the molecule is CC1CN(c2ccc(N3C[C@H](CCC(N)=O)OC3=O)cc2)CCC1=O. The Bertz CT molecular complexity index is 673. The fourth-order valence-electron chi connectivity index (χ4n) is 3.28. The molecule has 25 heavy (non-hydrogen) atoms. The second-order valence-corrected chi connectivity index (χ2v) is 6.70. The van der Waals surface area contributed by atoms with Gasteiger partial charge in [0.25, 0.3) is 0 Å². The van der Waals surface area contributed by atoms with Crippen molar-refractivity contribution in [3.8, 4) is 0 Å². The number of hydrogen-bond donors (Lipinski definition) is 1. The van der Waals surface area contributed by atoms with E-state index in [9.17, 15) is 14.4 Å². The second-order valence-electron chi connectivity index (χ2n) is 6.70. The molecule has 2 N–H and O–H groups in total. The first-order chi connectivity index (χ1) is 11.9. The topological polar surface area (TPSA) is 92.9 Å². The van der Waals surface area contributed by atoms with Gasteiger partial charge >= 0.3 is 6.09 Å². The summed E-state index contributed by atoms with van der Waals surface area (Å²) in [6.45, 7) is 3.82. The van der Waals surface area contributed by atoms with E-state index in [0.29, 0.717) is 25.2 Å². The van der Waals surface area contributed by atoms with Crippen molar-refractivity contribution >= 4 is 29.2 Å². The van der Waals surface area contributed by atoms with Gasteiger partial charge in [-0.2, -0.15) is 0 Å². The first-order valence-corrected chi connectivity index (χ1v) is 8.58. The predicted octanol–water partition coefficient (Wildman–Crippen LogP) is 1.69. The maximum absolute atomic E-state index is 12.0. The number of Topliss-reactive ketones (excluding diaryl/α,β-unsaturated/α-hetero) is 1. The van der Waals surface area contributed by atoms with Crippen LogP contribution in [0.1, 0.15) is 26.2 Å². The molecule has 0 saturated carbocycles. The molecule has 0 aliphatic carbocycles. The zero-order valence-corrected chi connectivity index (χ0v) is 14.3. The Morgan fingerprint density at radius 2 is 1.88 bits per heavy atom. The van der Waals surface area contributed by atoms with E-state index in [-0.39, 0.29) is 18.4 Å². The number of amides is 2. The Morgan fingerprint density at radius 1 is 1.20 bits per heavy atom. The lowest BCUT2D eigenvalue weighted by molar-refractivity contribution is -0.122. The van der Waals surface area contributed by atoms with Crippen LogP contribution in [0.3, 0.4) is 0 Å². The van der Waals surface area contributed by atoms with E-state index >= 15 is 0 Å². The molecule has 2 saturated heterocycles. The summed E-state index contributed by atoms with van der Waals surface area (Å²) < 4.78 is 5.28. The van der Waals surface area contributed by atoms with Gasteiger partial charge in [0.1, 0.15) is 11.9 Å². The van der Waals surface area contributed by atoms with Crippen molar-refractivity contribution in [3.05, 3.63) is 24.3 Å². The standard InChI is InChI=1S/C18H23N3O4/c1-12-10-20(9-8-16(12)22)13-2-4-14(5-3-13)21-11-15(25-18(21)24)6-7-17(19)23/h2-5,12,15H,6-11H2,1H3,(H2,19,23)/t12?,15-/m0/s1. The van der Waals surface area contributed by atoms with Crippen molar-refractivity contribution in [2.24, 2.45) is 11.7 Å². The molecule has 2 fully saturated rings. The minimum absolute atomic E-state index is 0.0491. The largest absolute Gasteiger partial charge is 0.444 e. The number of ether oxygens (including phenoxy) is 1. The van der Waals surface area contributed by atoms with Gasteiger partial charge in [-0.25, -0.2) is 4.79 Å². The van der Waals surface area contributed by atoms with Gasteiger partial charge in [-0.1, -0.05) is 6.92 Å². The van der Waals surface area contributed by atoms with Crippen molar-refractivity contribution in [1.82, 2.24) is 0 Å². The van der Waals surface area contributed by atoms with E-state index in [2.05, 4.69) is 4.90 Å². The number of carbonyl (C=O) groups is 3. The highest BCUT2D eigenvalue weighted by Gasteiger charge is 2.32. The molecule has 3 rings (SSSR count). The smallest absolute Gasteiger partial charge is 0.414 e. The predicted molar refractivity (Wildman–Crippen MR) is 93.5 cm³/mol. The number of rotatable bonds is 5. The number of nitrogens with two attached hydrogens (primary N) is 1. The molecular weight excluding hydrogens is 322 g/mol. The summed E-state index contributed by atoms with van der Waals surface area (Å²) in [7, 11) is 0. The van der Waals surface area contributed by atoms with Crippen LogP contribution in [0.15, 0.2) is 24.3 Å². The van der Waals surface area contributed by atoms with Gasteiger partial charge in [-0.15, -0.1) is 0 Å². The van der Waals surface area contributed by atoms with Crippen molar-refractivity contribution < 1.29 is 19.1 Å². The molecule has 1 aromatic carbocycles. The molecule has 0 spiro atoms. The van der Waals surface area contributed by atoms with Crippen molar-refractivity contribution in [2.45, 2.75) is 32.3 Å². The molecule has 134 valence electrons. The van der Waals surface area contributed by atoms with E-state index in [1.165, 1.54) is 0 Å². The minimum Gasteiger partial charge on any atom is -0.444 e. The Balaban J connectivity index is 1.63. The summed E-state index contributed by atoms with van der Waals surface area (Å²) in [6, 6.07) is 7.69. The van der Waals surface area contributed by atoms with Crippen molar-refractivity contribution in [1.29, 1.82) is 0 Å². The Hall–Kier alpha value is -2.57. The lowest BCUT2D eigenvalue weighted by Crippen LogP contribution is -2.39. The van der Waals surface area contributed by atoms with Gasteiger partial charge in [-0.3, -0.25) is 14.5 Å². The third-order valence-corrected chi connectivity index (χ3v) is 4.79. The lowest BCUT2D eigenvalue weighted by atomic mass is 9.98. The van der Waals surface area contributed by atoms with Crippen molar-refractivity contribution in [3.63, 3.8) is 0 Å². The molecule has 0 bridgehead atoms. The number of piperidine rings is 1. The number of primary amides is 1. The fraction of sp³-hybridized carbons (Fsp3) is 0.500. The molecule has 7 nitrogen and oxygen atoms in total. The average Bonchev–Trinajstić information content (AvgIpc) is 2.96. The molecule has 2 aliphatic rings. The molecule has 0 aromatic heterocycles. The normalized spacial score (nSPS) is 23.7. The minimum atomic E-state index is -0.403. The molecule has 2 heterocycles. The number of anilines is 2. The third kappa shape index (κ3) is 3.92. The number of carbonyl (C=O) groups excluding carboxylic acids is 3. The summed E-state index contributed by atoms with van der Waals surface area (Å²) in [5, 5.41) is 0. The molecule has 2 aliphatic heterocycles. The molecular formula is C18H23N3O4. The first-order valence-electron chi connectivity index (χ1n) is 8.58. The lowest BCUT2D eigenvalue weighted by Gasteiger charge is -2.32. The van der Waals surface area contributed by atoms with E-state index < -0.39 is 12.0 Å². The van der Waals surface area contributed by atoms with Crippen LogP contribution in [0.4, 0.5) is 16.2 Å². The van der Waals surface area contributed by atoms with Crippen LogP contribution in [0.2, 0.25) is 0 Å². The highest BCUT2D eigenvalue weighted by Crippen LogP contribution is 2.27. The van der Waals surface area contributed by atoms with Crippen LogP contribution in [-0.4, -0.2) is 43.5 Å². The van der Waals surface area contributed by atoms with Gasteiger partial charge in [-0.05, 0) is 30.7 Å². The van der Waals surface area contributed by atoms with Crippen molar-refractivity contribution in [2.75, 3.05) is 29.4 Å². The summed E-state index contributed by atoms with van der Waals surface area (Å²) in [4.78, 5) is 38.3. The Morgan fingerprint density at radius 3 is 2.52 bits per heavy atom. The molecule has 0 radical (unpaired) electrons. The quantitative estimate of drug-likeness (QED) is 0.876. The Kier molecular flexibility index (Phi) is 4.92. The average molecular weight is 345 g/mol. The van der Waals surface area contributed by atoms with Crippen LogP contribution < -0.4 is 15.5 Å². The van der Waals surface area contributed by atoms with Gasteiger partial charge in [0, 0.05) is 43.2 Å². The third-order valence-electron chi connectivity index (χ3n) is 4.79. The summed E-state index contributed by atoms with van der Waals surface area (Å²) in [6.07, 6.45) is 0.502. The number of ketones is 1. The first kappa shape index (κ1) is 17.3. The van der Waals surface area contributed by atoms with E-state index in [1.807, 2.05) is 31.2 Å². The highest BCUT2D eigenvalue weighted by atomic mass is 16.6. The monoisotopic (exact) mass is 345 g/mol. The number of nitrogens with zero attached hydrogens (tertiary/aromatic N) is 2. The number of cyclic esters (lactones) is 1. The summed E-state index contributed by atoms with van der Waals surface area (Å²) >= 11 is 0. The van der Waals surface area contributed by atoms with E-state index in [4.69, 9.17) is 10.5 Å². The number of hydrogen-bond acceptors (Lipinski definition) is 5. The summed E-state index contributed by atoms with van der Waals surface area (Å²) in [5.74, 6) is -0.0317. The molecule has 2 atom stereocenters. The van der Waals surface area contributed by atoms with E-state index in [0.717, 1.165) is 24.5 Å². The Labute approximate surface area is 146 Å². The molecule has 7 heteroatoms. The van der Waals surface area contributed by atoms with Crippen LogP contribution >= 0.6 is 0 Å². The molecule has 1 unspecified atom stereocenters. The maximum atomic E-state index is 12.0. The zero-order valence-electron chi connectivity index (χ0n) is 14.3.